The number of benzene rings is 2. The van der Waals surface area contributed by atoms with Crippen molar-refractivity contribution in [3.8, 4) is 5.75 Å². The molecule has 3 nitrogen and oxygen atoms in total. The van der Waals surface area contributed by atoms with E-state index in [0.717, 1.165) is 22.4 Å². The fourth-order valence-electron chi connectivity index (χ4n) is 2.25. The van der Waals surface area contributed by atoms with E-state index in [0.29, 0.717) is 5.56 Å². The molecule has 0 atom stereocenters. The molecule has 0 saturated carbocycles. The van der Waals surface area contributed by atoms with Gasteiger partial charge in [-0.3, -0.25) is 0 Å². The molecule has 0 saturated heterocycles. The lowest BCUT2D eigenvalue weighted by Gasteiger charge is -2.09. The fraction of sp³-hybridized carbons (Fsp3) is 0.167. The lowest BCUT2D eigenvalue weighted by molar-refractivity contribution is -0.130. The van der Waals surface area contributed by atoms with Crippen molar-refractivity contribution in [2.45, 2.75) is 13.8 Å². The van der Waals surface area contributed by atoms with Gasteiger partial charge >= 0.3 is 5.97 Å². The van der Waals surface area contributed by atoms with Crippen molar-refractivity contribution in [3.05, 3.63) is 64.7 Å². The molecule has 0 radical (unpaired) electrons. The van der Waals surface area contributed by atoms with E-state index in [1.807, 2.05) is 44.2 Å². The van der Waals surface area contributed by atoms with Crippen LogP contribution in [0, 0.1) is 13.8 Å². The summed E-state index contributed by atoms with van der Waals surface area (Å²) in [5.74, 6) is -0.221. The molecule has 0 amide bonds. The third-order valence-corrected chi connectivity index (χ3v) is 3.31. The number of aliphatic carboxylic acids is 1. The van der Waals surface area contributed by atoms with Crippen LogP contribution in [0.25, 0.3) is 11.6 Å². The zero-order chi connectivity index (χ0) is 15.4. The van der Waals surface area contributed by atoms with Crippen LogP contribution in [-0.4, -0.2) is 18.2 Å². The van der Waals surface area contributed by atoms with Crippen molar-refractivity contribution in [2.24, 2.45) is 0 Å². The average molecular weight is 282 g/mol. The normalized spacial score (nSPS) is 11.3. The van der Waals surface area contributed by atoms with Gasteiger partial charge in [0.15, 0.2) is 0 Å². The van der Waals surface area contributed by atoms with E-state index in [2.05, 4.69) is 0 Å². The van der Waals surface area contributed by atoms with Crippen molar-refractivity contribution >= 4 is 17.6 Å². The van der Waals surface area contributed by atoms with Crippen LogP contribution in [0.2, 0.25) is 0 Å². The van der Waals surface area contributed by atoms with Gasteiger partial charge in [0.1, 0.15) is 5.75 Å². The van der Waals surface area contributed by atoms with Gasteiger partial charge < -0.3 is 9.84 Å². The van der Waals surface area contributed by atoms with Gasteiger partial charge in [-0.25, -0.2) is 4.79 Å². The Morgan fingerprint density at radius 1 is 1.14 bits per heavy atom. The van der Waals surface area contributed by atoms with Crippen molar-refractivity contribution < 1.29 is 14.6 Å². The maximum Gasteiger partial charge on any atom is 0.336 e. The lowest BCUT2D eigenvalue weighted by Crippen LogP contribution is -2.02. The molecule has 0 aliphatic rings. The number of hydrogen-bond donors (Lipinski definition) is 1. The number of hydrogen-bond acceptors (Lipinski definition) is 2. The molecule has 3 heteroatoms. The highest BCUT2D eigenvalue weighted by atomic mass is 16.5. The zero-order valence-corrected chi connectivity index (χ0v) is 12.4. The van der Waals surface area contributed by atoms with Crippen molar-refractivity contribution in [1.82, 2.24) is 0 Å². The summed E-state index contributed by atoms with van der Waals surface area (Å²) in [6.07, 6.45) is 1.70. The van der Waals surface area contributed by atoms with Crippen molar-refractivity contribution in [1.29, 1.82) is 0 Å². The summed E-state index contributed by atoms with van der Waals surface area (Å²) in [6.45, 7) is 3.86. The van der Waals surface area contributed by atoms with Crippen LogP contribution in [0.4, 0.5) is 0 Å². The molecule has 0 bridgehead atoms. The molecule has 0 aliphatic carbocycles. The van der Waals surface area contributed by atoms with Crippen LogP contribution in [0.5, 0.6) is 5.75 Å². The minimum absolute atomic E-state index is 0.278. The average Bonchev–Trinajstić information content (AvgIpc) is 2.45. The molecule has 2 aromatic rings. The molecule has 1 N–H and O–H groups in total. The highest BCUT2D eigenvalue weighted by Crippen LogP contribution is 2.25. The van der Waals surface area contributed by atoms with E-state index < -0.39 is 5.97 Å². The molecule has 108 valence electrons. The van der Waals surface area contributed by atoms with E-state index in [1.165, 1.54) is 0 Å². The van der Waals surface area contributed by atoms with Crippen LogP contribution in [-0.2, 0) is 4.79 Å². The predicted octanol–water partition coefficient (Wildman–Crippen LogP) is 3.94. The van der Waals surface area contributed by atoms with E-state index in [-0.39, 0.29) is 5.57 Å². The maximum absolute atomic E-state index is 11.6. The Morgan fingerprint density at radius 2 is 1.90 bits per heavy atom. The first-order valence-electron chi connectivity index (χ1n) is 6.68. The van der Waals surface area contributed by atoms with Crippen LogP contribution in [0.1, 0.15) is 22.3 Å². The highest BCUT2D eigenvalue weighted by Gasteiger charge is 2.13. The summed E-state index contributed by atoms with van der Waals surface area (Å²) in [6, 6.07) is 13.1. The van der Waals surface area contributed by atoms with E-state index in [1.54, 1.807) is 25.3 Å². The second-order valence-electron chi connectivity index (χ2n) is 4.96. The number of ether oxygens (including phenoxy) is 1. The Labute approximate surface area is 124 Å². The first-order chi connectivity index (χ1) is 10.0. The van der Waals surface area contributed by atoms with Gasteiger partial charge in [0.25, 0.3) is 0 Å². The number of methoxy groups -OCH3 is 1. The number of rotatable bonds is 4. The Hall–Kier alpha value is -2.55. The summed E-state index contributed by atoms with van der Waals surface area (Å²) in [4.78, 5) is 11.6. The minimum Gasteiger partial charge on any atom is -0.497 e. The molecule has 2 aromatic carbocycles. The quantitative estimate of drug-likeness (QED) is 0.682. The van der Waals surface area contributed by atoms with Gasteiger partial charge in [-0.1, -0.05) is 35.9 Å². The van der Waals surface area contributed by atoms with Crippen molar-refractivity contribution in [2.75, 3.05) is 7.11 Å². The molecular weight excluding hydrogens is 264 g/mol. The van der Waals surface area contributed by atoms with Gasteiger partial charge in [0, 0.05) is 0 Å². The zero-order valence-electron chi connectivity index (χ0n) is 12.4. The Balaban J connectivity index is 2.51. The first-order valence-corrected chi connectivity index (χ1v) is 6.68. The fourth-order valence-corrected chi connectivity index (χ4v) is 2.25. The second kappa shape index (κ2) is 6.27. The molecule has 0 unspecified atom stereocenters. The summed E-state index contributed by atoms with van der Waals surface area (Å²) in [7, 11) is 1.59. The number of carbonyl (C=O) groups is 1. The Bertz CT molecular complexity index is 699. The molecule has 0 spiro atoms. The van der Waals surface area contributed by atoms with Gasteiger partial charge in [-0.05, 0) is 48.7 Å². The second-order valence-corrected chi connectivity index (χ2v) is 4.96. The molecular formula is C18H18O3. The highest BCUT2D eigenvalue weighted by molar-refractivity contribution is 6.21. The van der Waals surface area contributed by atoms with Crippen LogP contribution >= 0.6 is 0 Å². The SMILES string of the molecule is COc1ccc(/C(=C/c2cccc(C)c2)C(=O)O)c(C)c1. The van der Waals surface area contributed by atoms with Gasteiger partial charge in [-0.2, -0.15) is 0 Å². The lowest BCUT2D eigenvalue weighted by atomic mass is 9.98. The largest absolute Gasteiger partial charge is 0.497 e. The maximum atomic E-state index is 11.6. The standard InChI is InChI=1S/C18H18O3/c1-12-5-4-6-14(9-12)11-17(18(19)20)16-8-7-15(21-3)10-13(16)2/h4-11H,1-3H3,(H,19,20)/b17-11-. The Morgan fingerprint density at radius 3 is 2.48 bits per heavy atom. The summed E-state index contributed by atoms with van der Waals surface area (Å²) in [5, 5.41) is 9.51. The monoisotopic (exact) mass is 282 g/mol. The van der Waals surface area contributed by atoms with E-state index in [9.17, 15) is 9.90 Å². The predicted molar refractivity (Wildman–Crippen MR) is 84.4 cm³/mol. The van der Waals surface area contributed by atoms with Gasteiger partial charge in [0.2, 0.25) is 0 Å². The summed E-state index contributed by atoms with van der Waals surface area (Å²) < 4.78 is 5.16. The third kappa shape index (κ3) is 3.51. The minimum atomic E-state index is -0.940. The molecule has 0 fully saturated rings. The first kappa shape index (κ1) is 14.9. The number of aryl methyl sites for hydroxylation is 2. The smallest absolute Gasteiger partial charge is 0.336 e. The van der Waals surface area contributed by atoms with Crippen LogP contribution in [0.15, 0.2) is 42.5 Å². The molecule has 0 heterocycles. The molecule has 21 heavy (non-hydrogen) atoms. The van der Waals surface area contributed by atoms with Gasteiger partial charge in [0.05, 0.1) is 12.7 Å². The third-order valence-electron chi connectivity index (χ3n) is 3.31. The number of carboxylic acid groups (broad SMARTS) is 1. The topological polar surface area (TPSA) is 46.5 Å². The summed E-state index contributed by atoms with van der Waals surface area (Å²) >= 11 is 0. The van der Waals surface area contributed by atoms with Crippen LogP contribution < -0.4 is 4.74 Å². The van der Waals surface area contributed by atoms with E-state index >= 15 is 0 Å². The van der Waals surface area contributed by atoms with E-state index in [4.69, 9.17) is 4.74 Å². The molecule has 2 rings (SSSR count). The molecule has 0 aliphatic heterocycles. The van der Waals surface area contributed by atoms with Gasteiger partial charge in [-0.15, -0.1) is 0 Å². The number of carboxylic acids is 1. The van der Waals surface area contributed by atoms with Crippen LogP contribution in [0.3, 0.4) is 0 Å². The molecule has 0 aromatic heterocycles. The summed E-state index contributed by atoms with van der Waals surface area (Å²) in [5.41, 5.74) is 3.82. The van der Waals surface area contributed by atoms with Crippen molar-refractivity contribution in [3.63, 3.8) is 0 Å². The Kier molecular flexibility index (Phi) is 4.43.